The summed E-state index contributed by atoms with van der Waals surface area (Å²) in [6.45, 7) is 2.10. The number of nitrogens with two attached hydrogens (primary N) is 1. The van der Waals surface area contributed by atoms with Gasteiger partial charge >= 0.3 is 0 Å². The molecule has 1 heterocycles. The normalized spacial score (nSPS) is 10.2. The van der Waals surface area contributed by atoms with Crippen molar-refractivity contribution in [2.75, 3.05) is 17.4 Å². The first kappa shape index (κ1) is 14.0. The molecule has 0 aliphatic carbocycles. The van der Waals surface area contributed by atoms with Crippen LogP contribution < -0.4 is 16.2 Å². The van der Waals surface area contributed by atoms with Crippen molar-refractivity contribution in [2.24, 2.45) is 5.84 Å². The Balaban J connectivity index is 2.17. The molecule has 0 unspecified atom stereocenters. The molecule has 0 aliphatic rings. The van der Waals surface area contributed by atoms with Gasteiger partial charge in [0, 0.05) is 12.7 Å². The molecule has 5 nitrogen and oxygen atoms in total. The Labute approximate surface area is 118 Å². The molecule has 3 N–H and O–H groups in total. The van der Waals surface area contributed by atoms with Gasteiger partial charge in [-0.05, 0) is 36.2 Å². The van der Waals surface area contributed by atoms with E-state index in [4.69, 9.17) is 5.84 Å². The van der Waals surface area contributed by atoms with Crippen molar-refractivity contribution in [2.45, 2.75) is 13.3 Å². The van der Waals surface area contributed by atoms with Gasteiger partial charge in [-0.2, -0.15) is 0 Å². The number of nitrogens with one attached hydrogen (secondary N) is 1. The fraction of sp³-hybridized carbons (Fsp3) is 0.200. The van der Waals surface area contributed by atoms with Crippen LogP contribution in [0.1, 0.15) is 23.0 Å². The Kier molecular flexibility index (Phi) is 4.32. The Bertz CT molecular complexity index is 578. The van der Waals surface area contributed by atoms with Gasteiger partial charge in [-0.25, -0.2) is 4.98 Å². The fourth-order valence-electron chi connectivity index (χ4n) is 1.85. The Morgan fingerprint density at radius 3 is 2.45 bits per heavy atom. The Morgan fingerprint density at radius 2 is 1.95 bits per heavy atom. The summed E-state index contributed by atoms with van der Waals surface area (Å²) in [5, 5.41) is 0. The van der Waals surface area contributed by atoms with E-state index in [9.17, 15) is 4.79 Å². The van der Waals surface area contributed by atoms with E-state index in [1.165, 1.54) is 11.8 Å². The predicted molar refractivity (Wildman–Crippen MR) is 80.6 cm³/mol. The number of anilines is 2. The fourth-order valence-corrected chi connectivity index (χ4v) is 1.85. The number of benzene rings is 1. The highest BCUT2D eigenvalue weighted by Crippen LogP contribution is 2.16. The van der Waals surface area contributed by atoms with Crippen molar-refractivity contribution in [1.82, 2.24) is 4.98 Å². The van der Waals surface area contributed by atoms with Gasteiger partial charge < -0.3 is 10.3 Å². The number of aryl methyl sites for hydroxylation is 1. The lowest BCUT2D eigenvalue weighted by Crippen LogP contribution is -2.27. The predicted octanol–water partition coefficient (Wildman–Crippen LogP) is 2.21. The maximum Gasteiger partial charge on any atom is 0.276 e. The third kappa shape index (κ3) is 2.95. The molecule has 0 radical (unpaired) electrons. The average molecular weight is 270 g/mol. The van der Waals surface area contributed by atoms with Crippen LogP contribution in [-0.2, 0) is 6.42 Å². The number of carbonyl (C=O) groups is 1. The van der Waals surface area contributed by atoms with Gasteiger partial charge in [-0.15, -0.1) is 0 Å². The number of hydrogen-bond acceptors (Lipinski definition) is 4. The number of amides is 1. The third-order valence-electron chi connectivity index (χ3n) is 3.19. The van der Waals surface area contributed by atoms with Crippen LogP contribution >= 0.6 is 0 Å². The number of carbonyl (C=O) groups excluding carboxylic acids is 1. The Morgan fingerprint density at radius 1 is 1.25 bits per heavy atom. The van der Waals surface area contributed by atoms with Crippen LogP contribution in [0.5, 0.6) is 0 Å². The zero-order valence-electron chi connectivity index (χ0n) is 11.6. The van der Waals surface area contributed by atoms with Crippen LogP contribution in [0.3, 0.4) is 0 Å². The maximum atomic E-state index is 12.3. The van der Waals surface area contributed by atoms with E-state index < -0.39 is 0 Å². The topological polar surface area (TPSA) is 71.2 Å². The van der Waals surface area contributed by atoms with Crippen LogP contribution in [0.15, 0.2) is 42.6 Å². The van der Waals surface area contributed by atoms with Crippen LogP contribution in [0, 0.1) is 0 Å². The number of nitrogens with zero attached hydrogens (tertiary/aromatic N) is 2. The summed E-state index contributed by atoms with van der Waals surface area (Å²) in [5.74, 6) is 5.11. The minimum Gasteiger partial charge on any atom is -0.323 e. The van der Waals surface area contributed by atoms with Gasteiger partial charge in [-0.1, -0.05) is 19.1 Å². The molecule has 0 aliphatic heterocycles. The number of hydrazine groups is 1. The molecule has 2 rings (SSSR count). The summed E-state index contributed by atoms with van der Waals surface area (Å²) in [6.07, 6.45) is 2.51. The second-order valence-electron chi connectivity index (χ2n) is 4.46. The zero-order chi connectivity index (χ0) is 14.5. The molecule has 0 spiro atoms. The van der Waals surface area contributed by atoms with Crippen molar-refractivity contribution >= 4 is 17.3 Å². The van der Waals surface area contributed by atoms with E-state index in [2.05, 4.69) is 17.3 Å². The van der Waals surface area contributed by atoms with Gasteiger partial charge in [0.15, 0.2) is 0 Å². The summed E-state index contributed by atoms with van der Waals surface area (Å²) in [4.78, 5) is 18.0. The second-order valence-corrected chi connectivity index (χ2v) is 4.46. The van der Waals surface area contributed by atoms with Crippen molar-refractivity contribution in [3.8, 4) is 0 Å². The minimum absolute atomic E-state index is 0.155. The number of hydrogen-bond donors (Lipinski definition) is 2. The van der Waals surface area contributed by atoms with E-state index in [-0.39, 0.29) is 5.91 Å². The minimum atomic E-state index is -0.155. The monoisotopic (exact) mass is 270 g/mol. The lowest BCUT2D eigenvalue weighted by atomic mass is 10.1. The number of aromatic nitrogens is 1. The highest BCUT2D eigenvalue weighted by atomic mass is 16.2. The molecule has 0 atom stereocenters. The van der Waals surface area contributed by atoms with Gasteiger partial charge in [0.05, 0.1) is 11.9 Å². The molecule has 0 saturated carbocycles. The molecular weight excluding hydrogens is 252 g/mol. The summed E-state index contributed by atoms with van der Waals surface area (Å²) >= 11 is 0. The van der Waals surface area contributed by atoms with E-state index in [1.54, 1.807) is 24.1 Å². The van der Waals surface area contributed by atoms with Crippen molar-refractivity contribution < 1.29 is 4.79 Å². The summed E-state index contributed by atoms with van der Waals surface area (Å²) < 4.78 is 0. The lowest BCUT2D eigenvalue weighted by molar-refractivity contribution is 0.0988. The van der Waals surface area contributed by atoms with Crippen molar-refractivity contribution in [1.29, 1.82) is 0 Å². The van der Waals surface area contributed by atoms with Gasteiger partial charge in [0.2, 0.25) is 0 Å². The quantitative estimate of drug-likeness (QED) is 0.660. The van der Waals surface area contributed by atoms with Gasteiger partial charge in [0.1, 0.15) is 5.69 Å². The average Bonchev–Trinajstić information content (AvgIpc) is 2.53. The summed E-state index contributed by atoms with van der Waals surface area (Å²) in [7, 11) is 1.74. The molecule has 1 aromatic carbocycles. The molecule has 1 amide bonds. The van der Waals surface area contributed by atoms with Crippen LogP contribution in [0.25, 0.3) is 0 Å². The first-order chi connectivity index (χ1) is 9.65. The smallest absolute Gasteiger partial charge is 0.276 e. The number of rotatable bonds is 4. The molecular formula is C15H18N4O. The number of pyridine rings is 1. The van der Waals surface area contributed by atoms with Crippen LogP contribution in [0.4, 0.5) is 11.4 Å². The number of nitrogen functional groups attached to an aromatic ring is 1. The lowest BCUT2D eigenvalue weighted by Gasteiger charge is -2.17. The van der Waals surface area contributed by atoms with Crippen molar-refractivity contribution in [3.63, 3.8) is 0 Å². The molecule has 104 valence electrons. The van der Waals surface area contributed by atoms with Crippen LogP contribution in [-0.4, -0.2) is 17.9 Å². The highest BCUT2D eigenvalue weighted by Gasteiger charge is 2.14. The van der Waals surface area contributed by atoms with E-state index in [0.29, 0.717) is 11.4 Å². The summed E-state index contributed by atoms with van der Waals surface area (Å²) in [6, 6.07) is 11.3. The highest BCUT2D eigenvalue weighted by molar-refractivity contribution is 6.04. The molecule has 20 heavy (non-hydrogen) atoms. The molecule has 1 aromatic heterocycles. The first-order valence-electron chi connectivity index (χ1n) is 6.45. The molecule has 0 fully saturated rings. The van der Waals surface area contributed by atoms with Gasteiger partial charge in [-0.3, -0.25) is 10.6 Å². The molecule has 0 bridgehead atoms. The zero-order valence-corrected chi connectivity index (χ0v) is 11.6. The molecule has 0 saturated heterocycles. The van der Waals surface area contributed by atoms with Crippen molar-refractivity contribution in [3.05, 3.63) is 53.9 Å². The molecule has 5 heteroatoms. The first-order valence-corrected chi connectivity index (χ1v) is 6.45. The van der Waals surface area contributed by atoms with E-state index in [1.807, 2.05) is 24.3 Å². The SMILES string of the molecule is CCc1ccc(N(C)C(=O)c2ccc(NN)cn2)cc1. The van der Waals surface area contributed by atoms with Gasteiger partial charge in [0.25, 0.3) is 5.91 Å². The summed E-state index contributed by atoms with van der Waals surface area (Å²) in [5.41, 5.74) is 5.61. The largest absolute Gasteiger partial charge is 0.323 e. The van der Waals surface area contributed by atoms with E-state index in [0.717, 1.165) is 12.1 Å². The maximum absolute atomic E-state index is 12.3. The second kappa shape index (κ2) is 6.16. The third-order valence-corrected chi connectivity index (χ3v) is 3.19. The molecule has 2 aromatic rings. The standard InChI is InChI=1S/C15H18N4O/c1-3-11-4-7-13(8-5-11)19(2)15(20)14-9-6-12(18-16)10-17-14/h4-10,18H,3,16H2,1-2H3. The Hall–Kier alpha value is -2.40. The van der Waals surface area contributed by atoms with E-state index >= 15 is 0 Å². The van der Waals surface area contributed by atoms with Crippen LogP contribution in [0.2, 0.25) is 0 Å².